The average Bonchev–Trinajstić information content (AvgIpc) is 3.53. The number of carbonyl (C=O) groups excluding carboxylic acids is 1. The molecule has 2 aromatic carbocycles. The molecule has 0 bridgehead atoms. The van der Waals surface area contributed by atoms with Crippen molar-refractivity contribution in [3.63, 3.8) is 0 Å². The number of carbonyl (C=O) groups is 1. The Balaban J connectivity index is 1.28. The number of methoxy groups -OCH3 is 1. The van der Waals surface area contributed by atoms with Gasteiger partial charge in [0.1, 0.15) is 5.75 Å². The van der Waals surface area contributed by atoms with Crippen molar-refractivity contribution >= 4 is 23.3 Å². The number of oxazole rings is 1. The molecule has 3 heterocycles. The highest BCUT2D eigenvalue weighted by Gasteiger charge is 2.35. The fourth-order valence-electron chi connectivity index (χ4n) is 5.27. The molecule has 0 spiro atoms. The molecule has 0 radical (unpaired) electrons. The predicted molar refractivity (Wildman–Crippen MR) is 137 cm³/mol. The van der Waals surface area contributed by atoms with Gasteiger partial charge in [-0.05, 0) is 49.6 Å². The highest BCUT2D eigenvalue weighted by atomic mass is 35.5. The zero-order valence-electron chi connectivity index (χ0n) is 20.4. The maximum absolute atomic E-state index is 13.5. The first-order valence-electron chi connectivity index (χ1n) is 12.1. The number of rotatable bonds is 4. The highest BCUT2D eigenvalue weighted by Crippen LogP contribution is 2.36. The Bertz CT molecular complexity index is 1200. The molecule has 2 aliphatic heterocycles. The van der Waals surface area contributed by atoms with Crippen molar-refractivity contribution in [1.82, 2.24) is 14.8 Å². The lowest BCUT2D eigenvalue weighted by Gasteiger charge is -2.43. The van der Waals surface area contributed by atoms with E-state index in [1.807, 2.05) is 53.1 Å². The minimum atomic E-state index is 0.115. The van der Waals surface area contributed by atoms with E-state index in [0.717, 1.165) is 53.5 Å². The van der Waals surface area contributed by atoms with Gasteiger partial charge in [-0.25, -0.2) is 9.78 Å². The van der Waals surface area contributed by atoms with Gasteiger partial charge in [-0.2, -0.15) is 0 Å². The number of likely N-dealkylation sites (tertiary alicyclic amines) is 1. The van der Waals surface area contributed by atoms with Crippen LogP contribution in [0.4, 0.5) is 10.5 Å². The number of benzene rings is 2. The van der Waals surface area contributed by atoms with Gasteiger partial charge in [0.2, 0.25) is 0 Å². The third-order valence-corrected chi connectivity index (χ3v) is 7.31. The normalized spacial score (nSPS) is 20.4. The Morgan fingerprint density at radius 1 is 1.14 bits per heavy atom. The van der Waals surface area contributed by atoms with Gasteiger partial charge in [0.05, 0.1) is 24.9 Å². The number of halogens is 1. The summed E-state index contributed by atoms with van der Waals surface area (Å²) < 4.78 is 11.4. The summed E-state index contributed by atoms with van der Waals surface area (Å²) in [7, 11) is 1.67. The third-order valence-electron chi connectivity index (χ3n) is 7.05. The minimum Gasteiger partial charge on any atom is -0.496 e. The lowest BCUT2D eigenvalue weighted by Crippen LogP contribution is -2.56. The van der Waals surface area contributed by atoms with Gasteiger partial charge in [-0.1, -0.05) is 23.7 Å². The molecule has 2 saturated heterocycles. The zero-order chi connectivity index (χ0) is 24.5. The fourth-order valence-corrected chi connectivity index (χ4v) is 5.40. The first-order chi connectivity index (χ1) is 16.9. The van der Waals surface area contributed by atoms with Crippen LogP contribution in [0.25, 0.3) is 11.3 Å². The molecule has 7 nitrogen and oxygen atoms in total. The van der Waals surface area contributed by atoms with E-state index < -0.39 is 0 Å². The molecule has 1 unspecified atom stereocenters. The van der Waals surface area contributed by atoms with E-state index in [0.29, 0.717) is 24.7 Å². The van der Waals surface area contributed by atoms with E-state index in [-0.39, 0.29) is 18.1 Å². The Kier molecular flexibility index (Phi) is 6.60. The summed E-state index contributed by atoms with van der Waals surface area (Å²) in [6.45, 7) is 6.90. The summed E-state index contributed by atoms with van der Waals surface area (Å²) in [6.07, 6.45) is 3.72. The molecule has 8 heteroatoms. The van der Waals surface area contributed by atoms with E-state index in [2.05, 4.69) is 22.9 Å². The van der Waals surface area contributed by atoms with E-state index in [1.165, 1.54) is 0 Å². The van der Waals surface area contributed by atoms with Crippen LogP contribution in [0.1, 0.15) is 37.3 Å². The minimum absolute atomic E-state index is 0.115. The van der Waals surface area contributed by atoms with Crippen LogP contribution >= 0.6 is 11.6 Å². The molecule has 35 heavy (non-hydrogen) atoms. The Labute approximate surface area is 211 Å². The molecule has 2 aliphatic rings. The van der Waals surface area contributed by atoms with Gasteiger partial charge in [0, 0.05) is 55.9 Å². The van der Waals surface area contributed by atoms with Crippen LogP contribution in [-0.4, -0.2) is 60.1 Å². The van der Waals surface area contributed by atoms with Gasteiger partial charge < -0.3 is 23.9 Å². The number of piperazine rings is 1. The quantitative estimate of drug-likeness (QED) is 0.460. The fraction of sp³-hybridized carbons (Fsp3) is 0.407. The largest absolute Gasteiger partial charge is 0.496 e. The van der Waals surface area contributed by atoms with Crippen LogP contribution in [-0.2, 0) is 0 Å². The van der Waals surface area contributed by atoms with Gasteiger partial charge in [-0.15, -0.1) is 0 Å². The van der Waals surface area contributed by atoms with Gasteiger partial charge in [0.15, 0.2) is 11.7 Å². The molecule has 0 aliphatic carbocycles. The Morgan fingerprint density at radius 2 is 1.94 bits per heavy atom. The zero-order valence-corrected chi connectivity index (χ0v) is 21.2. The molecule has 184 valence electrons. The highest BCUT2D eigenvalue weighted by molar-refractivity contribution is 6.30. The van der Waals surface area contributed by atoms with Crippen LogP contribution in [0.2, 0.25) is 5.02 Å². The molecule has 0 N–H and O–H groups in total. The van der Waals surface area contributed by atoms with Crippen LogP contribution in [0, 0.1) is 6.92 Å². The first-order valence-corrected chi connectivity index (χ1v) is 12.5. The van der Waals surface area contributed by atoms with Gasteiger partial charge in [-0.3, -0.25) is 0 Å². The number of hydrogen-bond donors (Lipinski definition) is 0. The number of ether oxygens (including phenoxy) is 1. The molecule has 2 amide bonds. The second-order valence-electron chi connectivity index (χ2n) is 9.30. The number of nitrogens with zero attached hydrogens (tertiary/aromatic N) is 4. The van der Waals surface area contributed by atoms with Crippen molar-refractivity contribution in [2.75, 3.05) is 38.2 Å². The summed E-state index contributed by atoms with van der Waals surface area (Å²) in [4.78, 5) is 24.1. The molecule has 2 fully saturated rings. The standard InChI is InChI=1S/C27H31ClN4O3/c1-18-17-30(27(33)32-12-4-5-24(32)20-6-8-21(28)9-7-20)13-14-31(18)22-10-11-23(25(15-22)34-3)26-16-29-19(2)35-26/h6-11,15-16,18,24H,4-5,12-14,17H2,1-3H3/t18-,24?/m0/s1. The van der Waals surface area contributed by atoms with E-state index >= 15 is 0 Å². The number of amides is 2. The predicted octanol–water partition coefficient (Wildman–Crippen LogP) is 5.78. The number of anilines is 1. The maximum atomic E-state index is 13.5. The lowest BCUT2D eigenvalue weighted by atomic mass is 10.0. The van der Waals surface area contributed by atoms with Crippen molar-refractivity contribution in [1.29, 1.82) is 0 Å². The summed E-state index contributed by atoms with van der Waals surface area (Å²) in [5, 5.41) is 0.718. The van der Waals surface area contributed by atoms with E-state index in [1.54, 1.807) is 13.3 Å². The molecule has 2 atom stereocenters. The lowest BCUT2D eigenvalue weighted by molar-refractivity contribution is 0.139. The molecule has 0 saturated carbocycles. The van der Waals surface area contributed by atoms with Crippen LogP contribution in [0.5, 0.6) is 5.75 Å². The summed E-state index contributed by atoms with van der Waals surface area (Å²) >= 11 is 6.07. The molecule has 3 aromatic rings. The number of aromatic nitrogens is 1. The summed E-state index contributed by atoms with van der Waals surface area (Å²) in [5.74, 6) is 2.05. The maximum Gasteiger partial charge on any atom is 0.320 e. The Hall–Kier alpha value is -3.19. The SMILES string of the molecule is COc1cc(N2CCN(C(=O)N3CCCC3c3ccc(Cl)cc3)C[C@@H]2C)ccc1-c1cnc(C)o1. The van der Waals surface area contributed by atoms with Crippen LogP contribution < -0.4 is 9.64 Å². The second-order valence-corrected chi connectivity index (χ2v) is 9.74. The number of aryl methyl sites for hydroxylation is 1. The molecular formula is C27H31ClN4O3. The van der Waals surface area contributed by atoms with E-state index in [4.69, 9.17) is 20.8 Å². The number of urea groups is 1. The summed E-state index contributed by atoms with van der Waals surface area (Å²) in [6, 6.07) is 14.4. The topological polar surface area (TPSA) is 62.1 Å². The van der Waals surface area contributed by atoms with Crippen LogP contribution in [0.3, 0.4) is 0 Å². The third kappa shape index (κ3) is 4.69. The second kappa shape index (κ2) is 9.82. The van der Waals surface area contributed by atoms with Crippen LogP contribution in [0.15, 0.2) is 53.1 Å². The smallest absolute Gasteiger partial charge is 0.320 e. The first kappa shape index (κ1) is 23.5. The van der Waals surface area contributed by atoms with Crippen molar-refractivity contribution in [2.45, 2.75) is 38.8 Å². The monoisotopic (exact) mass is 494 g/mol. The van der Waals surface area contributed by atoms with Crippen molar-refractivity contribution < 1.29 is 13.9 Å². The molecular weight excluding hydrogens is 464 g/mol. The summed E-state index contributed by atoms with van der Waals surface area (Å²) in [5.41, 5.74) is 3.10. The van der Waals surface area contributed by atoms with E-state index in [9.17, 15) is 4.79 Å². The number of hydrogen-bond acceptors (Lipinski definition) is 5. The molecule has 5 rings (SSSR count). The Morgan fingerprint density at radius 3 is 2.63 bits per heavy atom. The van der Waals surface area contributed by atoms with Crippen molar-refractivity contribution in [3.8, 4) is 17.1 Å². The van der Waals surface area contributed by atoms with Gasteiger partial charge in [0.25, 0.3) is 0 Å². The molecule has 1 aromatic heterocycles. The van der Waals surface area contributed by atoms with Gasteiger partial charge >= 0.3 is 6.03 Å². The van der Waals surface area contributed by atoms with Crippen molar-refractivity contribution in [2.24, 2.45) is 0 Å². The van der Waals surface area contributed by atoms with Crippen molar-refractivity contribution in [3.05, 3.63) is 65.1 Å². The average molecular weight is 495 g/mol.